The molecule has 1 atom stereocenters. The van der Waals surface area contributed by atoms with Gasteiger partial charge in [0.1, 0.15) is 30.4 Å². The molecule has 9 nitrogen and oxygen atoms in total. The van der Waals surface area contributed by atoms with E-state index in [9.17, 15) is 9.90 Å². The van der Waals surface area contributed by atoms with E-state index in [0.29, 0.717) is 56.6 Å². The maximum absolute atomic E-state index is 12.2. The Hall–Kier alpha value is -3.56. The molecule has 2 heterocycles. The smallest absolute Gasteiger partial charge is 0.219 e. The van der Waals surface area contributed by atoms with Gasteiger partial charge in [-0.1, -0.05) is 23.8 Å². The number of imidazole rings is 1. The molecule has 204 valence electrons. The van der Waals surface area contributed by atoms with Crippen LogP contribution in [0.2, 0.25) is 0 Å². The topological polar surface area (TPSA) is 89.3 Å². The van der Waals surface area contributed by atoms with Crippen LogP contribution in [0.15, 0.2) is 54.9 Å². The number of benzene rings is 2. The van der Waals surface area contributed by atoms with Crippen molar-refractivity contribution in [1.29, 1.82) is 0 Å². The van der Waals surface area contributed by atoms with Crippen LogP contribution in [-0.4, -0.2) is 82.5 Å². The van der Waals surface area contributed by atoms with Crippen molar-refractivity contribution >= 4 is 5.91 Å². The van der Waals surface area contributed by atoms with Crippen molar-refractivity contribution in [3.63, 3.8) is 0 Å². The summed E-state index contributed by atoms with van der Waals surface area (Å²) in [5, 5.41) is 11.6. The van der Waals surface area contributed by atoms with Gasteiger partial charge in [0, 0.05) is 45.5 Å². The molecule has 1 aliphatic rings. The molecule has 1 N–H and O–H groups in total. The summed E-state index contributed by atoms with van der Waals surface area (Å²) >= 11 is 0. The molecule has 9 heteroatoms. The third kappa shape index (κ3) is 7.26. The van der Waals surface area contributed by atoms with Crippen LogP contribution in [0.4, 0.5) is 0 Å². The molecule has 0 bridgehead atoms. The Kier molecular flexibility index (Phi) is 8.91. The van der Waals surface area contributed by atoms with Crippen LogP contribution in [-0.2, 0) is 17.9 Å². The maximum Gasteiger partial charge on any atom is 0.219 e. The van der Waals surface area contributed by atoms with Crippen LogP contribution in [0.5, 0.6) is 17.2 Å². The average Bonchev–Trinajstić information content (AvgIpc) is 3.22. The predicted octanol–water partition coefficient (Wildman–Crippen LogP) is 3.06. The Morgan fingerprint density at radius 1 is 1.05 bits per heavy atom. The Bertz CT molecular complexity index is 1210. The van der Waals surface area contributed by atoms with E-state index >= 15 is 0 Å². The van der Waals surface area contributed by atoms with Gasteiger partial charge >= 0.3 is 0 Å². The Morgan fingerprint density at radius 2 is 1.84 bits per heavy atom. The van der Waals surface area contributed by atoms with Crippen molar-refractivity contribution in [3.05, 3.63) is 71.8 Å². The van der Waals surface area contributed by atoms with Crippen molar-refractivity contribution in [2.24, 2.45) is 0 Å². The summed E-state index contributed by atoms with van der Waals surface area (Å²) in [7, 11) is 1.63. The van der Waals surface area contributed by atoms with Gasteiger partial charge in [0.2, 0.25) is 5.91 Å². The monoisotopic (exact) mass is 522 g/mol. The Balaban J connectivity index is 1.42. The molecule has 4 rings (SSSR count). The minimum absolute atomic E-state index is 0.0605. The van der Waals surface area contributed by atoms with Gasteiger partial charge in [0.05, 0.1) is 20.2 Å². The first-order valence-electron chi connectivity index (χ1n) is 12.9. The molecular weight excluding hydrogens is 484 g/mol. The SMILES string of the molecule is COc1cc(CN2CCN(C(C)=O)CC(O)(COc3ccc(C)cc3)C2)ccc1OCCn1ccnc1C. The number of hydrogen-bond acceptors (Lipinski definition) is 7. The van der Waals surface area contributed by atoms with Crippen LogP contribution in [0.1, 0.15) is 23.9 Å². The number of nitrogens with zero attached hydrogens (tertiary/aromatic N) is 4. The minimum Gasteiger partial charge on any atom is -0.493 e. The number of hydrogen-bond donors (Lipinski definition) is 1. The summed E-state index contributed by atoms with van der Waals surface area (Å²) < 4.78 is 19.6. The number of amides is 1. The molecule has 0 saturated carbocycles. The fourth-order valence-corrected chi connectivity index (χ4v) is 4.67. The summed E-state index contributed by atoms with van der Waals surface area (Å²) in [5.74, 6) is 2.91. The van der Waals surface area contributed by atoms with Crippen LogP contribution < -0.4 is 14.2 Å². The second-order valence-corrected chi connectivity index (χ2v) is 9.98. The molecule has 0 spiro atoms. The van der Waals surface area contributed by atoms with E-state index in [0.717, 1.165) is 17.0 Å². The van der Waals surface area contributed by atoms with Crippen molar-refractivity contribution < 1.29 is 24.1 Å². The molecule has 1 aromatic heterocycles. The van der Waals surface area contributed by atoms with Gasteiger partial charge in [0.15, 0.2) is 11.5 Å². The Labute approximate surface area is 224 Å². The lowest BCUT2D eigenvalue weighted by atomic mass is 10.0. The zero-order valence-electron chi connectivity index (χ0n) is 22.7. The molecule has 1 unspecified atom stereocenters. The van der Waals surface area contributed by atoms with E-state index in [1.165, 1.54) is 6.92 Å². The number of β-amino-alcohol motifs (C(OH)–C–C–N with tert-alkyl or cyclic N) is 1. The number of aromatic nitrogens is 2. The molecule has 1 aliphatic heterocycles. The number of methoxy groups -OCH3 is 1. The van der Waals surface area contributed by atoms with Gasteiger partial charge in [-0.25, -0.2) is 4.98 Å². The number of rotatable bonds is 10. The third-order valence-electron chi connectivity index (χ3n) is 6.81. The lowest BCUT2D eigenvalue weighted by Crippen LogP contribution is -2.51. The highest BCUT2D eigenvalue weighted by Crippen LogP contribution is 2.29. The van der Waals surface area contributed by atoms with Crippen molar-refractivity contribution in [2.75, 3.05) is 46.5 Å². The van der Waals surface area contributed by atoms with Crippen LogP contribution in [0.3, 0.4) is 0 Å². The molecule has 1 amide bonds. The zero-order valence-corrected chi connectivity index (χ0v) is 22.7. The molecule has 38 heavy (non-hydrogen) atoms. The first-order chi connectivity index (χ1) is 18.2. The van der Waals surface area contributed by atoms with E-state index in [4.69, 9.17) is 14.2 Å². The normalized spacial score (nSPS) is 18.2. The highest BCUT2D eigenvalue weighted by Gasteiger charge is 2.37. The second kappa shape index (κ2) is 12.3. The highest BCUT2D eigenvalue weighted by atomic mass is 16.5. The largest absolute Gasteiger partial charge is 0.493 e. The lowest BCUT2D eigenvalue weighted by Gasteiger charge is -2.32. The highest BCUT2D eigenvalue weighted by molar-refractivity contribution is 5.73. The van der Waals surface area contributed by atoms with Gasteiger partial charge in [-0.15, -0.1) is 0 Å². The van der Waals surface area contributed by atoms with E-state index in [-0.39, 0.29) is 19.1 Å². The number of carbonyl (C=O) groups is 1. The predicted molar refractivity (Wildman–Crippen MR) is 145 cm³/mol. The fraction of sp³-hybridized carbons (Fsp3) is 0.448. The molecule has 1 saturated heterocycles. The molecule has 0 radical (unpaired) electrons. The summed E-state index contributed by atoms with van der Waals surface area (Å²) in [6, 6.07) is 13.6. The van der Waals surface area contributed by atoms with Gasteiger partial charge in [-0.3, -0.25) is 9.69 Å². The zero-order chi connectivity index (χ0) is 27.1. The number of ether oxygens (including phenoxy) is 3. The summed E-state index contributed by atoms with van der Waals surface area (Å²) in [6.07, 6.45) is 3.71. The Morgan fingerprint density at radius 3 is 2.53 bits per heavy atom. The maximum atomic E-state index is 12.2. The first-order valence-corrected chi connectivity index (χ1v) is 12.9. The standard InChI is InChI=1S/C29H38N4O5/c1-22-5-8-26(9-6-22)38-21-29(35)19-31(13-14-33(20-29)24(3)34)18-25-7-10-27(28(17-25)36-4)37-16-15-32-12-11-30-23(32)2/h5-12,17,35H,13-16,18-21H2,1-4H3. The lowest BCUT2D eigenvalue weighted by molar-refractivity contribution is -0.132. The van der Waals surface area contributed by atoms with Crippen LogP contribution in [0.25, 0.3) is 0 Å². The quantitative estimate of drug-likeness (QED) is 0.438. The first kappa shape index (κ1) is 27.5. The number of carbonyl (C=O) groups excluding carboxylic acids is 1. The van der Waals surface area contributed by atoms with E-state index in [1.54, 1.807) is 18.2 Å². The number of aryl methyl sites for hydroxylation is 2. The molecular formula is C29H38N4O5. The third-order valence-corrected chi connectivity index (χ3v) is 6.81. The van der Waals surface area contributed by atoms with E-state index in [2.05, 4.69) is 9.88 Å². The van der Waals surface area contributed by atoms with Gasteiger partial charge in [-0.05, 0) is 43.7 Å². The van der Waals surface area contributed by atoms with Gasteiger partial charge < -0.3 is 28.8 Å². The summed E-state index contributed by atoms with van der Waals surface area (Å²) in [4.78, 5) is 20.3. The average molecular weight is 523 g/mol. The van der Waals surface area contributed by atoms with Crippen LogP contribution in [0, 0.1) is 13.8 Å². The fourth-order valence-electron chi connectivity index (χ4n) is 4.67. The van der Waals surface area contributed by atoms with Crippen molar-refractivity contribution in [2.45, 2.75) is 39.5 Å². The second-order valence-electron chi connectivity index (χ2n) is 9.98. The number of aliphatic hydroxyl groups is 1. The van der Waals surface area contributed by atoms with Gasteiger partial charge in [0.25, 0.3) is 0 Å². The van der Waals surface area contributed by atoms with E-state index in [1.807, 2.05) is 67.1 Å². The summed E-state index contributed by atoms with van der Waals surface area (Å²) in [5.41, 5.74) is 0.948. The van der Waals surface area contributed by atoms with Crippen LogP contribution >= 0.6 is 0 Å². The van der Waals surface area contributed by atoms with E-state index < -0.39 is 5.60 Å². The van der Waals surface area contributed by atoms with Crippen molar-refractivity contribution in [3.8, 4) is 17.2 Å². The molecule has 2 aromatic carbocycles. The molecule has 1 fully saturated rings. The minimum atomic E-state index is -1.22. The summed E-state index contributed by atoms with van der Waals surface area (Å²) in [6.45, 7) is 9.14. The van der Waals surface area contributed by atoms with Gasteiger partial charge in [-0.2, -0.15) is 0 Å². The molecule has 3 aromatic rings. The van der Waals surface area contributed by atoms with Crippen molar-refractivity contribution in [1.82, 2.24) is 19.4 Å². The molecule has 0 aliphatic carbocycles.